The van der Waals surface area contributed by atoms with Gasteiger partial charge >= 0.3 is 0 Å². The summed E-state index contributed by atoms with van der Waals surface area (Å²) in [5.74, 6) is 0. The van der Waals surface area contributed by atoms with E-state index in [1.165, 1.54) is 70.6 Å². The van der Waals surface area contributed by atoms with Crippen molar-refractivity contribution in [3.8, 4) is 0 Å². The van der Waals surface area contributed by atoms with Gasteiger partial charge in [0.1, 0.15) is 0 Å². The highest BCUT2D eigenvalue weighted by Crippen LogP contribution is 2.39. The lowest BCUT2D eigenvalue weighted by Crippen LogP contribution is -2.15. The topological polar surface area (TPSA) is 0 Å². The first-order valence-electron chi connectivity index (χ1n) is 6.46. The fourth-order valence-electron chi connectivity index (χ4n) is 2.48. The predicted octanol–water partition coefficient (Wildman–Crippen LogP) is 5.29. The van der Waals surface area contributed by atoms with Crippen LogP contribution < -0.4 is 0 Å². The molecule has 84 valence electrons. The zero-order valence-corrected chi connectivity index (χ0v) is 10.4. The van der Waals surface area contributed by atoms with E-state index < -0.39 is 0 Å². The van der Waals surface area contributed by atoms with Crippen LogP contribution in [0.5, 0.6) is 0 Å². The molecular weight excluding hydrogens is 192 g/mol. The van der Waals surface area contributed by atoms with Gasteiger partial charge in [0.25, 0.3) is 0 Å². The maximum Gasteiger partial charge on any atom is 0.0446 e. The van der Waals surface area contributed by atoms with Gasteiger partial charge in [-0.05, 0) is 19.3 Å². The molecule has 0 N–H and O–H groups in total. The van der Waals surface area contributed by atoms with Crippen LogP contribution in [0.2, 0.25) is 0 Å². The molecule has 14 heavy (non-hydrogen) atoms. The van der Waals surface area contributed by atoms with E-state index in [-0.39, 0.29) is 4.87 Å². The minimum atomic E-state index is 0.213. The molecule has 1 aliphatic rings. The second-order valence-corrected chi connectivity index (χ2v) is 5.68. The molecule has 1 rings (SSSR count). The molecule has 0 atom stereocenters. The standard InChI is InChI=1S/C13H25Cl/c1-2-3-4-5-6-7-10-13(14)11-8-9-12-13/h2-12H2,1H3. The van der Waals surface area contributed by atoms with Crippen molar-refractivity contribution in [1.29, 1.82) is 0 Å². The first kappa shape index (κ1) is 12.4. The van der Waals surface area contributed by atoms with E-state index in [2.05, 4.69) is 6.92 Å². The Hall–Kier alpha value is 0.290. The highest BCUT2D eigenvalue weighted by molar-refractivity contribution is 6.24. The van der Waals surface area contributed by atoms with Crippen LogP contribution in [0.4, 0.5) is 0 Å². The van der Waals surface area contributed by atoms with Gasteiger partial charge in [-0.3, -0.25) is 0 Å². The fourth-order valence-corrected chi connectivity index (χ4v) is 2.88. The Bertz CT molecular complexity index is 136. The normalized spacial score (nSPS) is 20.1. The van der Waals surface area contributed by atoms with Gasteiger partial charge in [0.2, 0.25) is 0 Å². The Balaban J connectivity index is 1.92. The zero-order chi connectivity index (χ0) is 10.3. The molecule has 0 radical (unpaired) electrons. The van der Waals surface area contributed by atoms with Gasteiger partial charge in [0.05, 0.1) is 0 Å². The quantitative estimate of drug-likeness (QED) is 0.401. The molecular formula is C13H25Cl. The third kappa shape index (κ3) is 4.68. The summed E-state index contributed by atoms with van der Waals surface area (Å²) >= 11 is 6.51. The number of rotatable bonds is 7. The van der Waals surface area contributed by atoms with Crippen LogP contribution in [-0.4, -0.2) is 4.87 Å². The average Bonchev–Trinajstić information content (AvgIpc) is 2.59. The Labute approximate surface area is 94.4 Å². The summed E-state index contributed by atoms with van der Waals surface area (Å²) < 4.78 is 0. The molecule has 0 aromatic rings. The second-order valence-electron chi connectivity index (χ2n) is 4.88. The van der Waals surface area contributed by atoms with E-state index in [4.69, 9.17) is 11.6 Å². The maximum absolute atomic E-state index is 6.51. The van der Waals surface area contributed by atoms with E-state index in [1.807, 2.05) is 0 Å². The first-order chi connectivity index (χ1) is 6.77. The Morgan fingerprint density at radius 3 is 2.14 bits per heavy atom. The molecule has 1 saturated carbocycles. The van der Waals surface area contributed by atoms with Crippen molar-refractivity contribution in [2.45, 2.75) is 82.4 Å². The van der Waals surface area contributed by atoms with Gasteiger partial charge in [0, 0.05) is 4.87 Å². The molecule has 0 nitrogen and oxygen atoms in total. The van der Waals surface area contributed by atoms with E-state index in [0.29, 0.717) is 0 Å². The predicted molar refractivity (Wildman–Crippen MR) is 65.0 cm³/mol. The SMILES string of the molecule is CCCCCCCCC1(Cl)CCCC1. The van der Waals surface area contributed by atoms with Crippen molar-refractivity contribution in [2.75, 3.05) is 0 Å². The summed E-state index contributed by atoms with van der Waals surface area (Å²) in [5, 5.41) is 0. The fraction of sp³-hybridized carbons (Fsp3) is 1.00. The number of hydrogen-bond acceptors (Lipinski definition) is 0. The molecule has 0 spiro atoms. The van der Waals surface area contributed by atoms with Crippen molar-refractivity contribution in [2.24, 2.45) is 0 Å². The molecule has 1 heteroatoms. The third-order valence-electron chi connectivity index (χ3n) is 3.48. The van der Waals surface area contributed by atoms with E-state index >= 15 is 0 Å². The number of unbranched alkanes of at least 4 members (excludes halogenated alkanes) is 5. The molecule has 0 unspecified atom stereocenters. The largest absolute Gasteiger partial charge is 0.119 e. The molecule has 1 aliphatic carbocycles. The highest BCUT2D eigenvalue weighted by atomic mass is 35.5. The summed E-state index contributed by atoms with van der Waals surface area (Å²) in [7, 11) is 0. The van der Waals surface area contributed by atoms with Crippen LogP contribution in [0, 0.1) is 0 Å². The summed E-state index contributed by atoms with van der Waals surface area (Å²) in [6.45, 7) is 2.27. The minimum Gasteiger partial charge on any atom is -0.119 e. The summed E-state index contributed by atoms with van der Waals surface area (Å²) in [6, 6.07) is 0. The van der Waals surface area contributed by atoms with Crippen LogP contribution in [0.25, 0.3) is 0 Å². The molecule has 0 bridgehead atoms. The number of halogens is 1. The number of hydrogen-bond donors (Lipinski definition) is 0. The maximum atomic E-state index is 6.51. The van der Waals surface area contributed by atoms with Gasteiger partial charge in [-0.25, -0.2) is 0 Å². The molecule has 0 saturated heterocycles. The third-order valence-corrected chi connectivity index (χ3v) is 4.04. The van der Waals surface area contributed by atoms with Gasteiger partial charge in [-0.15, -0.1) is 11.6 Å². The molecule has 0 aliphatic heterocycles. The lowest BCUT2D eigenvalue weighted by atomic mass is 9.98. The summed E-state index contributed by atoms with van der Waals surface area (Å²) in [6.07, 6.45) is 14.9. The monoisotopic (exact) mass is 216 g/mol. The highest BCUT2D eigenvalue weighted by Gasteiger charge is 2.30. The van der Waals surface area contributed by atoms with Crippen LogP contribution in [0.15, 0.2) is 0 Å². The average molecular weight is 217 g/mol. The van der Waals surface area contributed by atoms with Crippen molar-refractivity contribution in [1.82, 2.24) is 0 Å². The molecule has 1 fully saturated rings. The van der Waals surface area contributed by atoms with Crippen LogP contribution in [-0.2, 0) is 0 Å². The van der Waals surface area contributed by atoms with Crippen molar-refractivity contribution in [3.05, 3.63) is 0 Å². The van der Waals surface area contributed by atoms with Crippen LogP contribution in [0.1, 0.15) is 77.6 Å². The summed E-state index contributed by atoms with van der Waals surface area (Å²) in [4.78, 5) is 0.213. The van der Waals surface area contributed by atoms with Crippen molar-refractivity contribution in [3.63, 3.8) is 0 Å². The van der Waals surface area contributed by atoms with E-state index in [1.54, 1.807) is 0 Å². The Morgan fingerprint density at radius 2 is 1.50 bits per heavy atom. The minimum absolute atomic E-state index is 0.213. The van der Waals surface area contributed by atoms with E-state index in [9.17, 15) is 0 Å². The molecule has 0 aromatic carbocycles. The second kappa shape index (κ2) is 6.71. The van der Waals surface area contributed by atoms with E-state index in [0.717, 1.165) is 0 Å². The van der Waals surface area contributed by atoms with Gasteiger partial charge in [0.15, 0.2) is 0 Å². The van der Waals surface area contributed by atoms with Gasteiger partial charge in [-0.2, -0.15) is 0 Å². The van der Waals surface area contributed by atoms with Gasteiger partial charge in [-0.1, -0.05) is 58.3 Å². The zero-order valence-electron chi connectivity index (χ0n) is 9.66. The molecule has 0 amide bonds. The van der Waals surface area contributed by atoms with Gasteiger partial charge < -0.3 is 0 Å². The van der Waals surface area contributed by atoms with Crippen LogP contribution in [0.3, 0.4) is 0 Å². The first-order valence-corrected chi connectivity index (χ1v) is 6.83. The lowest BCUT2D eigenvalue weighted by Gasteiger charge is -2.20. The molecule has 0 aromatic heterocycles. The smallest absolute Gasteiger partial charge is 0.0446 e. The van der Waals surface area contributed by atoms with Crippen LogP contribution >= 0.6 is 11.6 Å². The summed E-state index contributed by atoms with van der Waals surface area (Å²) in [5.41, 5.74) is 0. The van der Waals surface area contributed by atoms with Crippen molar-refractivity contribution < 1.29 is 0 Å². The van der Waals surface area contributed by atoms with Crippen molar-refractivity contribution >= 4 is 11.6 Å². The number of alkyl halides is 1. The Morgan fingerprint density at radius 1 is 0.929 bits per heavy atom. The molecule has 0 heterocycles. The Kier molecular flexibility index (Phi) is 5.93. The lowest BCUT2D eigenvalue weighted by molar-refractivity contribution is 0.493.